The van der Waals surface area contributed by atoms with Gasteiger partial charge < -0.3 is 4.74 Å². The van der Waals surface area contributed by atoms with Crippen LogP contribution in [0.5, 0.6) is 5.75 Å². The van der Waals surface area contributed by atoms with Crippen LogP contribution in [0.3, 0.4) is 0 Å². The first-order chi connectivity index (χ1) is 7.34. The normalized spacial score (nSPS) is 9.93. The van der Waals surface area contributed by atoms with Crippen LogP contribution in [-0.4, -0.2) is 4.98 Å². The van der Waals surface area contributed by atoms with Gasteiger partial charge in [-0.2, -0.15) is 0 Å². The fourth-order valence-electron chi connectivity index (χ4n) is 1.14. The first-order valence-corrected chi connectivity index (χ1v) is 4.92. The van der Waals surface area contributed by atoms with Gasteiger partial charge in [0, 0.05) is 5.02 Å². The van der Waals surface area contributed by atoms with E-state index in [1.165, 1.54) is 0 Å². The molecular weight excluding hydrogens is 210 g/mol. The Labute approximate surface area is 93.5 Å². The monoisotopic (exact) mass is 218 g/mol. The van der Waals surface area contributed by atoms with Crippen LogP contribution in [0, 0.1) is 6.20 Å². The van der Waals surface area contributed by atoms with E-state index in [1.807, 2.05) is 30.3 Å². The molecule has 1 aromatic heterocycles. The molecule has 0 fully saturated rings. The number of nitrogens with zero attached hydrogens (tertiary/aromatic N) is 1. The van der Waals surface area contributed by atoms with E-state index in [2.05, 4.69) is 11.2 Å². The Morgan fingerprint density at radius 1 is 1.20 bits per heavy atom. The summed E-state index contributed by atoms with van der Waals surface area (Å²) in [4.78, 5) is 3.84. The summed E-state index contributed by atoms with van der Waals surface area (Å²) in [5, 5.41) is 0.731. The van der Waals surface area contributed by atoms with Crippen molar-refractivity contribution in [3.8, 4) is 5.75 Å². The highest BCUT2D eigenvalue weighted by atomic mass is 35.5. The van der Waals surface area contributed by atoms with Crippen LogP contribution in [0.25, 0.3) is 0 Å². The number of benzene rings is 1. The fraction of sp³-hybridized carbons (Fsp3) is 0.0833. The fourth-order valence-corrected chi connectivity index (χ4v) is 1.27. The third kappa shape index (κ3) is 2.96. The molecule has 0 amide bonds. The van der Waals surface area contributed by atoms with Crippen molar-refractivity contribution in [2.45, 2.75) is 6.61 Å². The molecule has 0 aliphatic heterocycles. The van der Waals surface area contributed by atoms with Crippen LogP contribution in [0.15, 0.2) is 42.6 Å². The molecule has 15 heavy (non-hydrogen) atoms. The molecule has 2 aromatic rings. The molecule has 75 valence electrons. The minimum absolute atomic E-state index is 0.517. The zero-order chi connectivity index (χ0) is 10.5. The van der Waals surface area contributed by atoms with Gasteiger partial charge in [0.2, 0.25) is 0 Å². The lowest BCUT2D eigenvalue weighted by molar-refractivity contribution is 0.305. The molecule has 0 spiro atoms. The predicted molar refractivity (Wildman–Crippen MR) is 58.9 cm³/mol. The molecule has 2 nitrogen and oxygen atoms in total. The van der Waals surface area contributed by atoms with Gasteiger partial charge in [0.25, 0.3) is 0 Å². The number of ether oxygens (including phenoxy) is 1. The maximum Gasteiger partial charge on any atom is 0.138 e. The third-order valence-electron chi connectivity index (χ3n) is 1.91. The summed E-state index contributed by atoms with van der Waals surface area (Å²) < 4.78 is 5.51. The first-order valence-electron chi connectivity index (χ1n) is 4.54. The van der Waals surface area contributed by atoms with Crippen LogP contribution in [0.4, 0.5) is 0 Å². The summed E-state index contributed by atoms with van der Waals surface area (Å²) in [7, 11) is 0. The smallest absolute Gasteiger partial charge is 0.138 e. The molecule has 0 bridgehead atoms. The number of hydrogen-bond donors (Lipinski definition) is 0. The highest BCUT2D eigenvalue weighted by molar-refractivity contribution is 6.30. The topological polar surface area (TPSA) is 22.1 Å². The SMILES string of the molecule is Clc1ccc(COc2cc[c]nc2)cc1. The molecule has 1 heterocycles. The zero-order valence-electron chi connectivity index (χ0n) is 7.98. The summed E-state index contributed by atoms with van der Waals surface area (Å²) >= 11 is 5.77. The van der Waals surface area contributed by atoms with Crippen molar-refractivity contribution in [1.82, 2.24) is 4.98 Å². The highest BCUT2D eigenvalue weighted by Crippen LogP contribution is 2.12. The molecule has 1 radical (unpaired) electrons. The van der Waals surface area contributed by atoms with E-state index in [0.29, 0.717) is 6.61 Å². The van der Waals surface area contributed by atoms with E-state index in [4.69, 9.17) is 16.3 Å². The van der Waals surface area contributed by atoms with E-state index in [9.17, 15) is 0 Å². The number of halogens is 1. The number of rotatable bonds is 3. The van der Waals surface area contributed by atoms with Crippen LogP contribution in [0.2, 0.25) is 5.02 Å². The van der Waals surface area contributed by atoms with Crippen LogP contribution in [0.1, 0.15) is 5.56 Å². The molecule has 0 aliphatic carbocycles. The van der Waals surface area contributed by atoms with Crippen LogP contribution >= 0.6 is 11.6 Å². The van der Waals surface area contributed by atoms with Gasteiger partial charge in [-0.1, -0.05) is 23.7 Å². The van der Waals surface area contributed by atoms with E-state index in [0.717, 1.165) is 16.3 Å². The maximum absolute atomic E-state index is 5.77. The number of aromatic nitrogens is 1. The maximum atomic E-state index is 5.77. The molecule has 3 heteroatoms. The van der Waals surface area contributed by atoms with Crippen LogP contribution < -0.4 is 4.74 Å². The summed E-state index contributed by atoms with van der Waals surface area (Å²) in [5.41, 5.74) is 1.08. The van der Waals surface area contributed by atoms with Gasteiger partial charge in [0.1, 0.15) is 12.4 Å². The lowest BCUT2D eigenvalue weighted by Gasteiger charge is -2.04. The molecule has 0 aliphatic rings. The van der Waals surface area contributed by atoms with Crippen molar-refractivity contribution >= 4 is 11.6 Å². The van der Waals surface area contributed by atoms with Gasteiger partial charge in [-0.15, -0.1) is 0 Å². The van der Waals surface area contributed by atoms with E-state index < -0.39 is 0 Å². The third-order valence-corrected chi connectivity index (χ3v) is 2.16. The number of pyridine rings is 1. The Bertz CT molecular complexity index is 413. The zero-order valence-corrected chi connectivity index (χ0v) is 8.74. The Morgan fingerprint density at radius 3 is 2.67 bits per heavy atom. The van der Waals surface area contributed by atoms with Crippen molar-refractivity contribution in [2.75, 3.05) is 0 Å². The van der Waals surface area contributed by atoms with Crippen molar-refractivity contribution in [3.63, 3.8) is 0 Å². The Morgan fingerprint density at radius 2 is 2.00 bits per heavy atom. The predicted octanol–water partition coefficient (Wildman–Crippen LogP) is 3.11. The molecule has 1 aromatic carbocycles. The second-order valence-corrected chi connectivity index (χ2v) is 3.47. The number of hydrogen-bond acceptors (Lipinski definition) is 2. The van der Waals surface area contributed by atoms with Gasteiger partial charge in [0.15, 0.2) is 0 Å². The standard InChI is InChI=1S/C12H9ClNO/c13-11-5-3-10(4-6-11)9-15-12-2-1-7-14-8-12/h1-6,8H,9H2. The summed E-state index contributed by atoms with van der Waals surface area (Å²) in [5.74, 6) is 0.740. The molecular formula is C12H9ClNO. The molecule has 0 saturated heterocycles. The van der Waals surface area contributed by atoms with Crippen molar-refractivity contribution in [3.05, 3.63) is 59.4 Å². The molecule has 0 unspecified atom stereocenters. The van der Waals surface area contributed by atoms with Gasteiger partial charge in [-0.05, 0) is 29.8 Å². The summed E-state index contributed by atoms with van der Waals surface area (Å²) in [6.07, 6.45) is 4.33. The molecule has 2 rings (SSSR count). The Kier molecular flexibility index (Phi) is 3.20. The summed E-state index contributed by atoms with van der Waals surface area (Å²) in [6.45, 7) is 0.517. The summed E-state index contributed by atoms with van der Waals surface area (Å²) in [6, 6.07) is 11.1. The average Bonchev–Trinajstić information content (AvgIpc) is 2.30. The van der Waals surface area contributed by atoms with Gasteiger partial charge in [-0.25, -0.2) is 0 Å². The van der Waals surface area contributed by atoms with E-state index >= 15 is 0 Å². The average molecular weight is 219 g/mol. The quantitative estimate of drug-likeness (QED) is 0.790. The molecule has 0 saturated carbocycles. The lowest BCUT2D eigenvalue weighted by atomic mass is 10.2. The first kappa shape index (κ1) is 9.99. The van der Waals surface area contributed by atoms with E-state index in [-0.39, 0.29) is 0 Å². The Balaban J connectivity index is 1.96. The largest absolute Gasteiger partial charge is 0.487 e. The van der Waals surface area contributed by atoms with E-state index in [1.54, 1.807) is 12.3 Å². The minimum atomic E-state index is 0.517. The van der Waals surface area contributed by atoms with Gasteiger partial charge in [0.05, 0.1) is 12.4 Å². The van der Waals surface area contributed by atoms with Gasteiger partial charge in [-0.3, -0.25) is 4.98 Å². The van der Waals surface area contributed by atoms with Crippen molar-refractivity contribution in [2.24, 2.45) is 0 Å². The minimum Gasteiger partial charge on any atom is -0.487 e. The second-order valence-electron chi connectivity index (χ2n) is 3.04. The van der Waals surface area contributed by atoms with Crippen molar-refractivity contribution in [1.29, 1.82) is 0 Å². The second kappa shape index (κ2) is 4.80. The van der Waals surface area contributed by atoms with Gasteiger partial charge >= 0.3 is 0 Å². The van der Waals surface area contributed by atoms with Crippen LogP contribution in [-0.2, 0) is 6.61 Å². The lowest BCUT2D eigenvalue weighted by Crippen LogP contribution is -1.95. The highest BCUT2D eigenvalue weighted by Gasteiger charge is 1.95. The molecule has 0 atom stereocenters. The molecule has 0 N–H and O–H groups in total. The van der Waals surface area contributed by atoms with Crippen molar-refractivity contribution < 1.29 is 4.74 Å². The Hall–Kier alpha value is -1.54.